The Hall–Kier alpha value is -2.33. The highest BCUT2D eigenvalue weighted by molar-refractivity contribution is 5.66. The van der Waals surface area contributed by atoms with E-state index in [0.717, 1.165) is 31.0 Å². The highest BCUT2D eigenvalue weighted by Gasteiger charge is 2.10. The number of nitrogens with one attached hydrogen (secondary N) is 1. The Balaban J connectivity index is 1.82. The molecule has 0 saturated carbocycles. The van der Waals surface area contributed by atoms with E-state index in [-0.39, 0.29) is 0 Å². The van der Waals surface area contributed by atoms with E-state index in [4.69, 9.17) is 10.5 Å². The Bertz CT molecular complexity index is 623. The van der Waals surface area contributed by atoms with Crippen molar-refractivity contribution >= 4 is 11.4 Å². The van der Waals surface area contributed by atoms with E-state index in [2.05, 4.69) is 16.4 Å². The monoisotopic (exact) mass is 267 g/mol. The Morgan fingerprint density at radius 1 is 1.10 bits per heavy atom. The van der Waals surface area contributed by atoms with E-state index in [1.54, 1.807) is 0 Å². The molecule has 2 aromatic rings. The molecule has 0 aliphatic carbocycles. The van der Waals surface area contributed by atoms with Gasteiger partial charge in [-0.2, -0.15) is 0 Å². The molecule has 0 unspecified atom stereocenters. The maximum Gasteiger partial charge on any atom is 0.169 e. The molecule has 1 aromatic heterocycles. The Morgan fingerprint density at radius 2 is 1.95 bits per heavy atom. The molecule has 0 atom stereocenters. The van der Waals surface area contributed by atoms with Gasteiger partial charge in [0.25, 0.3) is 0 Å². The minimum absolute atomic E-state index is 0.422. The third kappa shape index (κ3) is 2.81. The molecule has 20 heavy (non-hydrogen) atoms. The van der Waals surface area contributed by atoms with Crippen LogP contribution in [0.5, 0.6) is 11.5 Å². The first-order chi connectivity index (χ1) is 9.83. The summed E-state index contributed by atoms with van der Waals surface area (Å²) >= 11 is 0. The molecule has 3 N–H and O–H groups in total. The first-order valence-corrected chi connectivity index (χ1v) is 6.72. The molecule has 0 bridgehead atoms. The number of anilines is 1. The number of pyridine rings is 1. The first-order valence-electron chi connectivity index (χ1n) is 6.72. The van der Waals surface area contributed by atoms with Crippen LogP contribution >= 0.6 is 0 Å². The van der Waals surface area contributed by atoms with Crippen LogP contribution in [-0.4, -0.2) is 18.1 Å². The first kappa shape index (κ1) is 12.7. The molecule has 0 spiro atoms. The number of ether oxygens (including phenoxy) is 1. The predicted molar refractivity (Wildman–Crippen MR) is 80.6 cm³/mol. The summed E-state index contributed by atoms with van der Waals surface area (Å²) < 4.78 is 5.73. The van der Waals surface area contributed by atoms with Gasteiger partial charge >= 0.3 is 0 Å². The van der Waals surface area contributed by atoms with Crippen molar-refractivity contribution in [1.29, 1.82) is 0 Å². The van der Waals surface area contributed by atoms with Gasteiger partial charge in [-0.1, -0.05) is 24.3 Å². The number of benzene rings is 1. The van der Waals surface area contributed by atoms with Crippen LogP contribution in [0.3, 0.4) is 0 Å². The lowest BCUT2D eigenvalue weighted by molar-refractivity contribution is 0.483. The van der Waals surface area contributed by atoms with Crippen molar-refractivity contribution in [1.82, 2.24) is 10.3 Å². The van der Waals surface area contributed by atoms with Crippen LogP contribution in [0.4, 0.5) is 5.82 Å². The second-order valence-corrected chi connectivity index (χ2v) is 4.68. The van der Waals surface area contributed by atoms with Gasteiger partial charge in [0.1, 0.15) is 5.75 Å². The number of hydrogen-bond acceptors (Lipinski definition) is 4. The summed E-state index contributed by atoms with van der Waals surface area (Å²) in [6.07, 6.45) is 3.13. The molecule has 4 heteroatoms. The van der Waals surface area contributed by atoms with Gasteiger partial charge in [-0.05, 0) is 42.8 Å². The van der Waals surface area contributed by atoms with Crippen molar-refractivity contribution in [3.05, 3.63) is 54.2 Å². The lowest BCUT2D eigenvalue weighted by Crippen LogP contribution is -2.20. The summed E-state index contributed by atoms with van der Waals surface area (Å²) in [6, 6.07) is 13.4. The summed E-state index contributed by atoms with van der Waals surface area (Å²) in [4.78, 5) is 4.45. The van der Waals surface area contributed by atoms with Crippen molar-refractivity contribution in [2.24, 2.45) is 0 Å². The molecular formula is C16H17N3O. The zero-order chi connectivity index (χ0) is 13.8. The molecule has 0 fully saturated rings. The van der Waals surface area contributed by atoms with Crippen LogP contribution in [0.25, 0.3) is 5.57 Å². The Labute approximate surface area is 118 Å². The third-order valence-corrected chi connectivity index (χ3v) is 3.25. The van der Waals surface area contributed by atoms with Gasteiger partial charge in [-0.3, -0.25) is 0 Å². The number of hydrogen-bond donors (Lipinski definition) is 2. The van der Waals surface area contributed by atoms with E-state index >= 15 is 0 Å². The molecule has 0 saturated heterocycles. The summed E-state index contributed by atoms with van der Waals surface area (Å²) in [7, 11) is 0. The minimum atomic E-state index is 0.422. The van der Waals surface area contributed by atoms with Gasteiger partial charge in [0, 0.05) is 6.54 Å². The summed E-state index contributed by atoms with van der Waals surface area (Å²) in [6.45, 7) is 1.87. The second kappa shape index (κ2) is 5.75. The predicted octanol–water partition coefficient (Wildman–Crippen LogP) is 2.83. The van der Waals surface area contributed by atoms with Gasteiger partial charge < -0.3 is 15.8 Å². The van der Waals surface area contributed by atoms with Crippen LogP contribution < -0.4 is 15.8 Å². The van der Waals surface area contributed by atoms with Gasteiger partial charge in [0.15, 0.2) is 11.6 Å². The van der Waals surface area contributed by atoms with Crippen molar-refractivity contribution in [3.63, 3.8) is 0 Å². The molecule has 4 nitrogen and oxygen atoms in total. The van der Waals surface area contributed by atoms with Gasteiger partial charge in [-0.25, -0.2) is 4.98 Å². The normalized spacial score (nSPS) is 14.7. The average Bonchev–Trinajstić information content (AvgIpc) is 2.51. The number of nitrogens with two attached hydrogens (primary N) is 1. The number of nitrogens with zero attached hydrogens (tertiary/aromatic N) is 1. The number of aromatic nitrogens is 1. The Kier molecular flexibility index (Phi) is 3.65. The fourth-order valence-corrected chi connectivity index (χ4v) is 2.20. The summed E-state index contributed by atoms with van der Waals surface area (Å²) in [5.74, 6) is 1.77. The molecule has 0 radical (unpaired) electrons. The average molecular weight is 267 g/mol. The molecule has 2 heterocycles. The maximum atomic E-state index is 6.00. The van der Waals surface area contributed by atoms with Gasteiger partial charge in [-0.15, -0.1) is 0 Å². The fraction of sp³-hybridized carbons (Fsp3) is 0.188. The zero-order valence-corrected chi connectivity index (χ0v) is 11.2. The molecule has 1 aromatic carbocycles. The molecule has 1 aliphatic rings. The molecule has 0 amide bonds. The highest BCUT2D eigenvalue weighted by Crippen LogP contribution is 2.28. The lowest BCUT2D eigenvalue weighted by Gasteiger charge is -2.15. The van der Waals surface area contributed by atoms with Crippen molar-refractivity contribution in [2.45, 2.75) is 6.42 Å². The summed E-state index contributed by atoms with van der Waals surface area (Å²) in [5.41, 5.74) is 8.17. The number of rotatable bonds is 3. The van der Waals surface area contributed by atoms with Crippen LogP contribution in [0.2, 0.25) is 0 Å². The zero-order valence-electron chi connectivity index (χ0n) is 11.2. The highest BCUT2D eigenvalue weighted by atomic mass is 16.5. The third-order valence-electron chi connectivity index (χ3n) is 3.25. The van der Waals surface area contributed by atoms with Crippen LogP contribution in [-0.2, 0) is 0 Å². The lowest BCUT2D eigenvalue weighted by atomic mass is 10.1. The smallest absolute Gasteiger partial charge is 0.169 e. The van der Waals surface area contributed by atoms with E-state index in [1.807, 2.05) is 42.5 Å². The van der Waals surface area contributed by atoms with E-state index < -0.39 is 0 Å². The standard InChI is InChI=1S/C16H17N3O/c17-16-15(20-13-4-2-1-3-5-13)7-6-14(19-16)12-8-10-18-11-9-12/h1-8,18H,9-11H2,(H2,17,19). The molecule has 1 aliphatic heterocycles. The fourth-order valence-electron chi connectivity index (χ4n) is 2.20. The van der Waals surface area contributed by atoms with E-state index in [9.17, 15) is 0 Å². The quantitative estimate of drug-likeness (QED) is 0.897. The minimum Gasteiger partial charge on any atom is -0.453 e. The topological polar surface area (TPSA) is 60.2 Å². The van der Waals surface area contributed by atoms with Crippen molar-refractivity contribution < 1.29 is 4.74 Å². The van der Waals surface area contributed by atoms with Crippen LogP contribution in [0.15, 0.2) is 48.5 Å². The largest absolute Gasteiger partial charge is 0.453 e. The summed E-state index contributed by atoms with van der Waals surface area (Å²) in [5, 5.41) is 3.28. The molecule has 3 rings (SSSR count). The second-order valence-electron chi connectivity index (χ2n) is 4.68. The number of para-hydroxylation sites is 1. The van der Waals surface area contributed by atoms with E-state index in [0.29, 0.717) is 11.6 Å². The molecular weight excluding hydrogens is 250 g/mol. The number of nitrogen functional groups attached to an aromatic ring is 1. The van der Waals surface area contributed by atoms with E-state index in [1.165, 1.54) is 5.57 Å². The van der Waals surface area contributed by atoms with Gasteiger partial charge in [0.2, 0.25) is 0 Å². The van der Waals surface area contributed by atoms with Crippen LogP contribution in [0, 0.1) is 0 Å². The van der Waals surface area contributed by atoms with Crippen molar-refractivity contribution in [2.75, 3.05) is 18.8 Å². The maximum absolute atomic E-state index is 6.00. The Morgan fingerprint density at radius 3 is 2.65 bits per heavy atom. The van der Waals surface area contributed by atoms with Crippen LogP contribution in [0.1, 0.15) is 12.1 Å². The van der Waals surface area contributed by atoms with Gasteiger partial charge in [0.05, 0.1) is 5.69 Å². The van der Waals surface area contributed by atoms with Crippen molar-refractivity contribution in [3.8, 4) is 11.5 Å². The molecule has 102 valence electrons. The SMILES string of the molecule is Nc1nc(C2=CCNCC2)ccc1Oc1ccccc1.